The Bertz CT molecular complexity index is 968. The van der Waals surface area contributed by atoms with E-state index in [9.17, 15) is 13.2 Å². The van der Waals surface area contributed by atoms with Crippen LogP contribution >= 0.6 is 0 Å². The number of benzene rings is 2. The zero-order valence-electron chi connectivity index (χ0n) is 16.0. The maximum absolute atomic E-state index is 13.0. The van der Waals surface area contributed by atoms with E-state index in [0.717, 1.165) is 37.2 Å². The van der Waals surface area contributed by atoms with Crippen LogP contribution in [0, 0.1) is 0 Å². The lowest BCUT2D eigenvalue weighted by molar-refractivity contribution is 0.0985. The average Bonchev–Trinajstić information content (AvgIpc) is 2.73. The van der Waals surface area contributed by atoms with Crippen LogP contribution in [0.2, 0.25) is 0 Å². The van der Waals surface area contributed by atoms with Crippen molar-refractivity contribution in [1.29, 1.82) is 0 Å². The highest BCUT2D eigenvalue weighted by Gasteiger charge is 2.30. The molecular formula is C21H25N3O3S. The van der Waals surface area contributed by atoms with Crippen LogP contribution in [-0.4, -0.2) is 63.3 Å². The van der Waals surface area contributed by atoms with Gasteiger partial charge in [0.15, 0.2) is 0 Å². The zero-order chi connectivity index (χ0) is 19.7. The van der Waals surface area contributed by atoms with Crippen LogP contribution in [0.5, 0.6) is 0 Å². The van der Waals surface area contributed by atoms with Crippen molar-refractivity contribution in [2.75, 3.05) is 44.7 Å². The lowest BCUT2D eigenvalue weighted by Gasteiger charge is -2.33. The van der Waals surface area contributed by atoms with E-state index in [0.29, 0.717) is 30.1 Å². The van der Waals surface area contributed by atoms with Gasteiger partial charge in [0, 0.05) is 44.0 Å². The van der Waals surface area contributed by atoms with Gasteiger partial charge in [-0.3, -0.25) is 4.79 Å². The molecule has 2 aliphatic rings. The number of anilines is 1. The first-order valence-corrected chi connectivity index (χ1v) is 11.1. The van der Waals surface area contributed by atoms with Crippen molar-refractivity contribution in [3.05, 3.63) is 59.7 Å². The smallest absolute Gasteiger partial charge is 0.258 e. The molecule has 0 radical (unpaired) electrons. The summed E-state index contributed by atoms with van der Waals surface area (Å²) in [5.74, 6) is -0.0452. The molecule has 1 amide bonds. The maximum atomic E-state index is 13.0. The number of hydrogen-bond acceptors (Lipinski definition) is 4. The van der Waals surface area contributed by atoms with Crippen molar-refractivity contribution >= 4 is 21.6 Å². The van der Waals surface area contributed by atoms with Gasteiger partial charge in [0.05, 0.1) is 4.90 Å². The third-order valence-electron chi connectivity index (χ3n) is 5.54. The third kappa shape index (κ3) is 3.57. The largest absolute Gasteiger partial charge is 0.308 e. The van der Waals surface area contributed by atoms with Gasteiger partial charge in [-0.25, -0.2) is 8.42 Å². The number of amides is 1. The molecule has 0 spiro atoms. The van der Waals surface area contributed by atoms with E-state index in [4.69, 9.17) is 0 Å². The number of carbonyl (C=O) groups excluding carboxylic acids is 1. The van der Waals surface area contributed by atoms with Crippen LogP contribution in [0.3, 0.4) is 0 Å². The van der Waals surface area contributed by atoms with Crippen LogP contribution in [-0.2, 0) is 16.4 Å². The van der Waals surface area contributed by atoms with E-state index in [1.165, 1.54) is 0 Å². The van der Waals surface area contributed by atoms with Gasteiger partial charge < -0.3 is 9.80 Å². The molecular weight excluding hydrogens is 374 g/mol. The highest BCUT2D eigenvalue weighted by molar-refractivity contribution is 7.89. The Morgan fingerprint density at radius 3 is 2.36 bits per heavy atom. The van der Waals surface area contributed by atoms with Gasteiger partial charge >= 0.3 is 0 Å². The number of likely N-dealkylation sites (N-methyl/N-ethyl adjacent to an activating group) is 1. The summed E-state index contributed by atoms with van der Waals surface area (Å²) in [4.78, 5) is 17.1. The summed E-state index contributed by atoms with van der Waals surface area (Å²) in [5.41, 5.74) is 2.38. The molecule has 7 heteroatoms. The minimum atomic E-state index is -3.51. The molecule has 2 aromatic carbocycles. The number of piperazine rings is 1. The number of rotatable bonds is 3. The zero-order valence-corrected chi connectivity index (χ0v) is 16.9. The summed E-state index contributed by atoms with van der Waals surface area (Å²) in [6.07, 6.45) is 1.60. The fraction of sp³-hybridized carbons (Fsp3) is 0.381. The molecule has 1 fully saturated rings. The molecule has 6 nitrogen and oxygen atoms in total. The second kappa shape index (κ2) is 7.66. The molecule has 0 bridgehead atoms. The summed E-state index contributed by atoms with van der Waals surface area (Å²) >= 11 is 0. The second-order valence-electron chi connectivity index (χ2n) is 7.42. The molecule has 0 saturated carbocycles. The monoisotopic (exact) mass is 399 g/mol. The number of sulfonamides is 1. The van der Waals surface area contributed by atoms with Gasteiger partial charge in [-0.05, 0) is 55.8 Å². The summed E-state index contributed by atoms with van der Waals surface area (Å²) in [7, 11) is -1.50. The lowest BCUT2D eigenvalue weighted by Crippen LogP contribution is -2.47. The van der Waals surface area contributed by atoms with Crippen molar-refractivity contribution in [2.24, 2.45) is 0 Å². The fourth-order valence-electron chi connectivity index (χ4n) is 3.86. The molecule has 1 saturated heterocycles. The standard InChI is InChI=1S/C21H25N3O3S/c1-22-12-14-23(15-13-22)28(26,27)19-9-10-20-18(16-19)8-5-11-24(20)21(25)17-6-3-2-4-7-17/h2-4,6-7,9-10,16H,5,8,11-15H2,1H3. The summed E-state index contributed by atoms with van der Waals surface area (Å²) in [5, 5.41) is 0. The Balaban J connectivity index is 1.62. The van der Waals surface area contributed by atoms with Crippen molar-refractivity contribution in [2.45, 2.75) is 17.7 Å². The van der Waals surface area contributed by atoms with Crippen molar-refractivity contribution in [1.82, 2.24) is 9.21 Å². The molecule has 0 aromatic heterocycles. The average molecular weight is 400 g/mol. The van der Waals surface area contributed by atoms with Crippen LogP contribution < -0.4 is 4.90 Å². The van der Waals surface area contributed by atoms with Gasteiger partial charge in [-0.1, -0.05) is 18.2 Å². The first-order chi connectivity index (χ1) is 13.5. The van der Waals surface area contributed by atoms with E-state index in [1.807, 2.05) is 37.4 Å². The Morgan fingerprint density at radius 1 is 0.929 bits per heavy atom. The van der Waals surface area contributed by atoms with Gasteiger partial charge in [-0.2, -0.15) is 4.31 Å². The first-order valence-electron chi connectivity index (χ1n) is 9.65. The van der Waals surface area contributed by atoms with Crippen LogP contribution in [0.15, 0.2) is 53.4 Å². The number of fused-ring (bicyclic) bond motifs is 1. The van der Waals surface area contributed by atoms with Crippen molar-refractivity contribution in [3.63, 3.8) is 0 Å². The molecule has 28 heavy (non-hydrogen) atoms. The Hall–Kier alpha value is -2.22. The molecule has 2 aromatic rings. The highest BCUT2D eigenvalue weighted by Crippen LogP contribution is 2.31. The molecule has 0 aliphatic carbocycles. The molecule has 0 unspecified atom stereocenters. The lowest BCUT2D eigenvalue weighted by atomic mass is 10.0. The molecule has 4 rings (SSSR count). The fourth-order valence-corrected chi connectivity index (χ4v) is 5.33. The minimum absolute atomic E-state index is 0.0452. The van der Waals surface area contributed by atoms with Crippen LogP contribution in [0.25, 0.3) is 0 Å². The van der Waals surface area contributed by atoms with Gasteiger partial charge in [0.1, 0.15) is 0 Å². The predicted octanol–water partition coefficient (Wildman–Crippen LogP) is 2.22. The van der Waals surface area contributed by atoms with E-state index in [1.54, 1.807) is 27.4 Å². The predicted molar refractivity (Wildman–Crippen MR) is 109 cm³/mol. The number of hydrogen-bond donors (Lipinski definition) is 0. The van der Waals surface area contributed by atoms with E-state index < -0.39 is 10.0 Å². The molecule has 0 N–H and O–H groups in total. The topological polar surface area (TPSA) is 60.9 Å². The Labute approximate surface area is 166 Å². The molecule has 2 heterocycles. The van der Waals surface area contributed by atoms with Crippen LogP contribution in [0.4, 0.5) is 5.69 Å². The van der Waals surface area contributed by atoms with Gasteiger partial charge in [-0.15, -0.1) is 0 Å². The SMILES string of the molecule is CN1CCN(S(=O)(=O)c2ccc3c(c2)CCCN3C(=O)c2ccccc2)CC1. The summed E-state index contributed by atoms with van der Waals surface area (Å²) in [6.45, 7) is 3.14. The molecule has 148 valence electrons. The summed E-state index contributed by atoms with van der Waals surface area (Å²) in [6, 6.07) is 14.4. The second-order valence-corrected chi connectivity index (χ2v) is 9.36. The number of carbonyl (C=O) groups is 1. The van der Waals surface area contributed by atoms with E-state index in [2.05, 4.69) is 4.90 Å². The van der Waals surface area contributed by atoms with Crippen molar-refractivity contribution in [3.8, 4) is 0 Å². The third-order valence-corrected chi connectivity index (χ3v) is 7.43. The van der Waals surface area contributed by atoms with Gasteiger partial charge in [0.2, 0.25) is 10.0 Å². The van der Waals surface area contributed by atoms with Crippen molar-refractivity contribution < 1.29 is 13.2 Å². The maximum Gasteiger partial charge on any atom is 0.258 e. The first kappa shape index (κ1) is 19.1. The van der Waals surface area contributed by atoms with Crippen LogP contribution in [0.1, 0.15) is 22.3 Å². The Kier molecular flexibility index (Phi) is 5.23. The quantitative estimate of drug-likeness (QED) is 0.794. The minimum Gasteiger partial charge on any atom is -0.308 e. The molecule has 0 atom stereocenters. The number of aryl methyl sites for hydroxylation is 1. The normalized spacial score (nSPS) is 18.7. The molecule has 2 aliphatic heterocycles. The highest BCUT2D eigenvalue weighted by atomic mass is 32.2. The van der Waals surface area contributed by atoms with Gasteiger partial charge in [0.25, 0.3) is 5.91 Å². The van der Waals surface area contributed by atoms with E-state index in [-0.39, 0.29) is 5.91 Å². The van der Waals surface area contributed by atoms with E-state index >= 15 is 0 Å². The Morgan fingerprint density at radius 2 is 1.64 bits per heavy atom. The summed E-state index contributed by atoms with van der Waals surface area (Å²) < 4.78 is 27.6. The number of nitrogens with zero attached hydrogens (tertiary/aromatic N) is 3.